The predicted molar refractivity (Wildman–Crippen MR) is 160 cm³/mol. The standard InChI is InChI=1S/C33H37F7N4O4/c1-41(26-16-23(32(35,36)37)15-24(17-26)33(38,39)40)31(47)42(2)28-19-44(18-27(28)20-7-9-25(34)10-8-20)30(46)22-5-3-21(4-6-22)29(45)43-11-13-48-14-12-43/h7-10,15-17,21-22,27-28H,3-6,11-14,18-19H2,1-2H3/t21-,22-,27-,28+/m0/s1. The zero-order valence-electron chi connectivity index (χ0n) is 26.5. The summed E-state index contributed by atoms with van der Waals surface area (Å²) >= 11 is 0. The number of hydrogen-bond acceptors (Lipinski definition) is 4. The largest absolute Gasteiger partial charge is 0.416 e. The van der Waals surface area contributed by atoms with E-state index in [0.717, 1.165) is 7.05 Å². The number of anilines is 1. The molecule has 8 nitrogen and oxygen atoms in total. The maximum Gasteiger partial charge on any atom is 0.416 e. The average Bonchev–Trinajstić information content (AvgIpc) is 3.52. The monoisotopic (exact) mass is 686 g/mol. The summed E-state index contributed by atoms with van der Waals surface area (Å²) in [6.07, 6.45) is -8.11. The highest BCUT2D eigenvalue weighted by Crippen LogP contribution is 2.40. The molecule has 1 saturated carbocycles. The van der Waals surface area contributed by atoms with Crippen molar-refractivity contribution in [2.45, 2.75) is 50.0 Å². The molecule has 0 aromatic heterocycles. The summed E-state index contributed by atoms with van der Waals surface area (Å²) in [4.78, 5) is 45.8. The molecule has 0 spiro atoms. The molecule has 15 heteroatoms. The molecular formula is C33H37F7N4O4. The molecule has 3 aliphatic rings. The van der Waals surface area contributed by atoms with Gasteiger partial charge in [0.25, 0.3) is 0 Å². The summed E-state index contributed by atoms with van der Waals surface area (Å²) in [6.45, 7) is 2.26. The molecule has 0 N–H and O–H groups in total. The Morgan fingerprint density at radius 3 is 1.75 bits per heavy atom. The smallest absolute Gasteiger partial charge is 0.378 e. The number of carbonyl (C=O) groups is 3. The van der Waals surface area contributed by atoms with Crippen LogP contribution in [0.1, 0.15) is 48.3 Å². The first-order chi connectivity index (χ1) is 22.5. The Bertz CT molecular complexity index is 1450. The lowest BCUT2D eigenvalue weighted by Crippen LogP contribution is -2.48. The highest BCUT2D eigenvalue weighted by atomic mass is 19.4. The molecule has 3 fully saturated rings. The van der Waals surface area contributed by atoms with E-state index in [4.69, 9.17) is 4.74 Å². The van der Waals surface area contributed by atoms with Crippen LogP contribution in [0.3, 0.4) is 0 Å². The summed E-state index contributed by atoms with van der Waals surface area (Å²) in [5, 5.41) is 0. The zero-order chi connectivity index (χ0) is 35.0. The van der Waals surface area contributed by atoms with Gasteiger partial charge in [-0.3, -0.25) is 14.5 Å². The van der Waals surface area contributed by atoms with E-state index < -0.39 is 53.0 Å². The van der Waals surface area contributed by atoms with Crippen LogP contribution in [0.4, 0.5) is 41.2 Å². The number of hydrogen-bond donors (Lipinski definition) is 0. The summed E-state index contributed by atoms with van der Waals surface area (Å²) in [6, 6.07) is 4.83. The second-order valence-electron chi connectivity index (χ2n) is 12.7. The van der Waals surface area contributed by atoms with E-state index in [2.05, 4.69) is 0 Å². The SMILES string of the molecule is CN(C(=O)N(C)[C@@H]1CN(C(=O)[C@H]2CC[C@H](C(=O)N3CCOCC3)CC2)C[C@H]1c1ccc(F)cc1)c1cc(C(F)(F)F)cc(C(F)(F)F)c1. The molecule has 5 rings (SSSR count). The third-order valence-corrected chi connectivity index (χ3v) is 9.69. The number of alkyl halides is 6. The Kier molecular flexibility index (Phi) is 10.3. The molecule has 2 saturated heterocycles. The average molecular weight is 687 g/mol. The highest BCUT2D eigenvalue weighted by molar-refractivity contribution is 5.92. The number of morpholine rings is 1. The van der Waals surface area contributed by atoms with Gasteiger partial charge in [0.1, 0.15) is 5.82 Å². The van der Waals surface area contributed by atoms with Gasteiger partial charge in [-0.25, -0.2) is 9.18 Å². The zero-order valence-corrected chi connectivity index (χ0v) is 26.5. The first-order valence-electron chi connectivity index (χ1n) is 15.8. The maximum atomic E-state index is 13.8. The molecule has 4 amide bonds. The van der Waals surface area contributed by atoms with Gasteiger partial charge in [-0.15, -0.1) is 0 Å². The van der Waals surface area contributed by atoms with E-state index in [0.29, 0.717) is 74.6 Å². The fourth-order valence-electron chi connectivity index (χ4n) is 6.91. The van der Waals surface area contributed by atoms with Crippen molar-refractivity contribution in [3.8, 4) is 0 Å². The van der Waals surface area contributed by atoms with Gasteiger partial charge in [-0.05, 0) is 61.6 Å². The van der Waals surface area contributed by atoms with Gasteiger partial charge in [0.05, 0.1) is 30.4 Å². The number of ether oxygens (including phenoxy) is 1. The van der Waals surface area contributed by atoms with E-state index in [9.17, 15) is 45.1 Å². The number of likely N-dealkylation sites (tertiary alicyclic amines) is 1. The first kappa shape index (κ1) is 35.4. The van der Waals surface area contributed by atoms with E-state index in [-0.39, 0.29) is 42.8 Å². The lowest BCUT2D eigenvalue weighted by Gasteiger charge is -2.34. The number of rotatable bonds is 5. The second kappa shape index (κ2) is 13.9. The van der Waals surface area contributed by atoms with Gasteiger partial charge < -0.3 is 19.4 Å². The molecule has 2 heterocycles. The van der Waals surface area contributed by atoms with E-state index >= 15 is 0 Å². The van der Waals surface area contributed by atoms with Crippen LogP contribution >= 0.6 is 0 Å². The van der Waals surface area contributed by atoms with Gasteiger partial charge >= 0.3 is 18.4 Å². The number of benzene rings is 2. The van der Waals surface area contributed by atoms with E-state index in [1.54, 1.807) is 9.80 Å². The van der Waals surface area contributed by atoms with Crippen LogP contribution in [0.15, 0.2) is 42.5 Å². The number of amides is 4. The fraction of sp³-hybridized carbons (Fsp3) is 0.545. The predicted octanol–water partition coefficient (Wildman–Crippen LogP) is 6.01. The normalized spacial score (nSPS) is 23.6. The second-order valence-corrected chi connectivity index (χ2v) is 12.7. The Balaban J connectivity index is 1.33. The van der Waals surface area contributed by atoms with Gasteiger partial charge in [0, 0.05) is 63.7 Å². The number of urea groups is 1. The van der Waals surface area contributed by atoms with Crippen molar-refractivity contribution in [2.24, 2.45) is 11.8 Å². The third kappa shape index (κ3) is 7.71. The van der Waals surface area contributed by atoms with Crippen molar-refractivity contribution in [1.29, 1.82) is 0 Å². The molecule has 0 unspecified atom stereocenters. The molecule has 0 radical (unpaired) electrons. The lowest BCUT2D eigenvalue weighted by molar-refractivity contribution is -0.143. The minimum Gasteiger partial charge on any atom is -0.378 e. The van der Waals surface area contributed by atoms with Gasteiger partial charge in [-0.2, -0.15) is 26.3 Å². The number of halogens is 7. The molecule has 1 aliphatic carbocycles. The van der Waals surface area contributed by atoms with Crippen LogP contribution < -0.4 is 4.90 Å². The Morgan fingerprint density at radius 1 is 0.750 bits per heavy atom. The van der Waals surface area contributed by atoms with Crippen LogP contribution in [0.2, 0.25) is 0 Å². The summed E-state index contributed by atoms with van der Waals surface area (Å²) in [5.74, 6) is -1.67. The van der Waals surface area contributed by atoms with Crippen molar-refractivity contribution in [1.82, 2.24) is 14.7 Å². The summed E-state index contributed by atoms with van der Waals surface area (Å²) in [7, 11) is 2.45. The molecule has 2 aliphatic heterocycles. The molecule has 2 aromatic rings. The molecule has 0 bridgehead atoms. The summed E-state index contributed by atoms with van der Waals surface area (Å²) < 4.78 is 100. The van der Waals surface area contributed by atoms with Crippen LogP contribution in [-0.2, 0) is 26.7 Å². The van der Waals surface area contributed by atoms with E-state index in [1.165, 1.54) is 36.2 Å². The van der Waals surface area contributed by atoms with Crippen LogP contribution in [0, 0.1) is 17.7 Å². The number of nitrogens with zero attached hydrogens (tertiary/aromatic N) is 4. The molecule has 48 heavy (non-hydrogen) atoms. The van der Waals surface area contributed by atoms with Crippen LogP contribution in [0.25, 0.3) is 0 Å². The van der Waals surface area contributed by atoms with Gasteiger partial charge in [-0.1, -0.05) is 12.1 Å². The van der Waals surface area contributed by atoms with Crippen molar-refractivity contribution >= 4 is 23.5 Å². The first-order valence-corrected chi connectivity index (χ1v) is 15.8. The van der Waals surface area contributed by atoms with Crippen molar-refractivity contribution in [3.63, 3.8) is 0 Å². The minimum absolute atomic E-state index is 0.0113. The van der Waals surface area contributed by atoms with Crippen molar-refractivity contribution in [3.05, 3.63) is 65.0 Å². The summed E-state index contributed by atoms with van der Waals surface area (Å²) in [5.41, 5.74) is -3.12. The fourth-order valence-corrected chi connectivity index (χ4v) is 6.91. The quantitative estimate of drug-likeness (QED) is 0.362. The third-order valence-electron chi connectivity index (χ3n) is 9.69. The molecule has 2 atom stereocenters. The van der Waals surface area contributed by atoms with Crippen molar-refractivity contribution in [2.75, 3.05) is 58.4 Å². The highest BCUT2D eigenvalue weighted by Gasteiger charge is 2.44. The van der Waals surface area contributed by atoms with E-state index in [1.807, 2.05) is 0 Å². The van der Waals surface area contributed by atoms with Gasteiger partial charge in [0.15, 0.2) is 0 Å². The van der Waals surface area contributed by atoms with Crippen molar-refractivity contribution < 1.29 is 49.9 Å². The minimum atomic E-state index is -5.10. The lowest BCUT2D eigenvalue weighted by atomic mass is 9.80. The van der Waals surface area contributed by atoms with Crippen LogP contribution in [-0.4, -0.2) is 92.1 Å². The topological polar surface area (TPSA) is 73.4 Å². The maximum absolute atomic E-state index is 13.8. The number of likely N-dealkylation sites (N-methyl/N-ethyl adjacent to an activating group) is 1. The van der Waals surface area contributed by atoms with Gasteiger partial charge in [0.2, 0.25) is 11.8 Å². The Labute approximate surface area is 273 Å². The molecule has 262 valence electrons. The Hall–Kier alpha value is -3.88. The van der Waals surface area contributed by atoms with Crippen LogP contribution in [0.5, 0.6) is 0 Å². The number of carbonyl (C=O) groups excluding carboxylic acids is 3. The Morgan fingerprint density at radius 2 is 1.25 bits per heavy atom. The molecular weight excluding hydrogens is 649 g/mol. The molecule has 2 aromatic carbocycles.